The summed E-state index contributed by atoms with van der Waals surface area (Å²) in [6.07, 6.45) is -2.09. The van der Waals surface area contributed by atoms with E-state index < -0.39 is 12.4 Å². The van der Waals surface area contributed by atoms with Crippen molar-refractivity contribution in [2.24, 2.45) is 7.05 Å². The summed E-state index contributed by atoms with van der Waals surface area (Å²) in [5, 5.41) is 5.73. The van der Waals surface area contributed by atoms with E-state index in [9.17, 15) is 18.0 Å². The van der Waals surface area contributed by atoms with E-state index in [0.717, 1.165) is 10.9 Å². The SMILES string of the molecule is Cn1ncc2c(N)nc3ccc(C(=O)N4CCC[C@@H]5Oc6cc(OC(F)(F)F)ccc6[C@@H]54)cc3c21. The third-order valence-electron chi connectivity index (χ3n) is 6.61. The number of aryl methyl sites for hydroxylation is 1. The number of benzene rings is 2. The zero-order valence-electron chi connectivity index (χ0n) is 18.5. The Hall–Kier alpha value is -4.02. The zero-order chi connectivity index (χ0) is 24.5. The Balaban J connectivity index is 1.38. The number of carbonyl (C=O) groups is 1. The molecule has 0 spiro atoms. The highest BCUT2D eigenvalue weighted by Gasteiger charge is 2.43. The summed E-state index contributed by atoms with van der Waals surface area (Å²) in [7, 11) is 1.80. The third kappa shape index (κ3) is 3.49. The van der Waals surface area contributed by atoms with Crippen LogP contribution in [0.25, 0.3) is 21.8 Å². The van der Waals surface area contributed by atoms with E-state index in [-0.39, 0.29) is 17.8 Å². The summed E-state index contributed by atoms with van der Waals surface area (Å²) in [6.45, 7) is 0.503. The number of aromatic nitrogens is 3. The van der Waals surface area contributed by atoms with Crippen LogP contribution in [0.2, 0.25) is 0 Å². The predicted octanol–water partition coefficient (Wildman–Crippen LogP) is 4.34. The highest BCUT2D eigenvalue weighted by atomic mass is 19.4. The highest BCUT2D eigenvalue weighted by Crippen LogP contribution is 2.46. The van der Waals surface area contributed by atoms with E-state index in [2.05, 4.69) is 14.8 Å². The van der Waals surface area contributed by atoms with Gasteiger partial charge < -0.3 is 20.1 Å². The first kappa shape index (κ1) is 21.5. The van der Waals surface area contributed by atoms with E-state index in [1.165, 1.54) is 12.1 Å². The minimum Gasteiger partial charge on any atom is -0.487 e. The number of piperidine rings is 1. The number of carbonyl (C=O) groups excluding carboxylic acids is 1. The van der Waals surface area contributed by atoms with Crippen LogP contribution in [-0.4, -0.2) is 44.6 Å². The molecule has 6 rings (SSSR count). The molecule has 1 fully saturated rings. The monoisotopic (exact) mass is 483 g/mol. The van der Waals surface area contributed by atoms with Gasteiger partial charge >= 0.3 is 6.36 Å². The lowest BCUT2D eigenvalue weighted by molar-refractivity contribution is -0.274. The number of pyridine rings is 1. The predicted molar refractivity (Wildman–Crippen MR) is 121 cm³/mol. The normalized spacial score (nSPS) is 19.5. The average molecular weight is 483 g/mol. The number of rotatable bonds is 2. The summed E-state index contributed by atoms with van der Waals surface area (Å²) in [4.78, 5) is 19.9. The van der Waals surface area contributed by atoms with Gasteiger partial charge in [-0.15, -0.1) is 13.2 Å². The van der Waals surface area contributed by atoms with Gasteiger partial charge in [-0.3, -0.25) is 9.48 Å². The van der Waals surface area contributed by atoms with E-state index in [4.69, 9.17) is 10.5 Å². The van der Waals surface area contributed by atoms with Gasteiger partial charge in [0.15, 0.2) is 0 Å². The molecule has 4 heterocycles. The molecule has 0 radical (unpaired) electrons. The third-order valence-corrected chi connectivity index (χ3v) is 6.61. The van der Waals surface area contributed by atoms with Crippen molar-refractivity contribution in [3.63, 3.8) is 0 Å². The molecule has 2 aliphatic rings. The molecule has 2 atom stereocenters. The first-order chi connectivity index (χ1) is 16.7. The fourth-order valence-electron chi connectivity index (χ4n) is 5.16. The van der Waals surface area contributed by atoms with Crippen LogP contribution in [0.15, 0.2) is 42.6 Å². The van der Waals surface area contributed by atoms with Crippen molar-refractivity contribution >= 4 is 33.5 Å². The Morgan fingerprint density at radius 2 is 2.03 bits per heavy atom. The second-order valence-corrected chi connectivity index (χ2v) is 8.75. The molecule has 2 aromatic carbocycles. The number of nitrogens with zero attached hydrogens (tertiary/aromatic N) is 4. The Morgan fingerprint density at radius 1 is 1.20 bits per heavy atom. The molecule has 0 bridgehead atoms. The van der Waals surface area contributed by atoms with Crippen molar-refractivity contribution in [3.8, 4) is 11.5 Å². The lowest BCUT2D eigenvalue weighted by Gasteiger charge is -2.36. The minimum atomic E-state index is -4.80. The molecule has 0 saturated carbocycles. The van der Waals surface area contributed by atoms with Crippen molar-refractivity contribution in [2.75, 3.05) is 12.3 Å². The second kappa shape index (κ2) is 7.49. The van der Waals surface area contributed by atoms with Crippen molar-refractivity contribution < 1.29 is 27.4 Å². The minimum absolute atomic E-state index is 0.194. The van der Waals surface area contributed by atoms with Crippen molar-refractivity contribution in [2.45, 2.75) is 31.3 Å². The first-order valence-corrected chi connectivity index (χ1v) is 11.1. The summed E-state index contributed by atoms with van der Waals surface area (Å²) in [5.41, 5.74) is 8.65. The molecule has 2 N–H and O–H groups in total. The van der Waals surface area contributed by atoms with Gasteiger partial charge in [0, 0.05) is 36.2 Å². The fraction of sp³-hybridized carbons (Fsp3) is 0.292. The largest absolute Gasteiger partial charge is 0.573 e. The van der Waals surface area contributed by atoms with Gasteiger partial charge in [0.05, 0.1) is 28.7 Å². The van der Waals surface area contributed by atoms with Crippen LogP contribution in [0.3, 0.4) is 0 Å². The van der Waals surface area contributed by atoms with Crippen LogP contribution in [-0.2, 0) is 7.05 Å². The maximum Gasteiger partial charge on any atom is 0.573 e. The molecule has 2 aliphatic heterocycles. The summed E-state index contributed by atoms with van der Waals surface area (Å²) >= 11 is 0. The highest BCUT2D eigenvalue weighted by molar-refractivity contribution is 6.10. The van der Waals surface area contributed by atoms with Gasteiger partial charge in [-0.1, -0.05) is 0 Å². The molecule has 0 aliphatic carbocycles. The topological polar surface area (TPSA) is 95.5 Å². The number of nitrogen functional groups attached to an aromatic ring is 1. The second-order valence-electron chi connectivity index (χ2n) is 8.75. The molecule has 1 saturated heterocycles. The zero-order valence-corrected chi connectivity index (χ0v) is 18.5. The Labute approximate surface area is 197 Å². The smallest absolute Gasteiger partial charge is 0.487 e. The van der Waals surface area contributed by atoms with Gasteiger partial charge in [0.1, 0.15) is 23.4 Å². The number of hydrogen-bond acceptors (Lipinski definition) is 6. The van der Waals surface area contributed by atoms with Crippen LogP contribution in [0.5, 0.6) is 11.5 Å². The quantitative estimate of drug-likeness (QED) is 0.456. The van der Waals surface area contributed by atoms with Crippen LogP contribution in [0.1, 0.15) is 34.8 Å². The number of hydrogen-bond donors (Lipinski definition) is 1. The Bertz CT molecular complexity index is 1500. The molecule has 1 amide bonds. The Morgan fingerprint density at radius 3 is 2.83 bits per heavy atom. The van der Waals surface area contributed by atoms with Gasteiger partial charge in [0.2, 0.25) is 0 Å². The molecule has 4 aromatic rings. The maximum atomic E-state index is 13.7. The van der Waals surface area contributed by atoms with Gasteiger partial charge in [-0.2, -0.15) is 5.10 Å². The molecular weight excluding hydrogens is 463 g/mol. The molecule has 180 valence electrons. The molecule has 8 nitrogen and oxygen atoms in total. The Kier molecular flexibility index (Phi) is 4.60. The van der Waals surface area contributed by atoms with E-state index >= 15 is 0 Å². The number of nitrogens with two attached hydrogens (primary N) is 1. The van der Waals surface area contributed by atoms with Gasteiger partial charge in [0.25, 0.3) is 5.91 Å². The van der Waals surface area contributed by atoms with Crippen LogP contribution in [0.4, 0.5) is 19.0 Å². The van der Waals surface area contributed by atoms with Crippen molar-refractivity contribution in [3.05, 3.63) is 53.7 Å². The van der Waals surface area contributed by atoms with Crippen LogP contribution in [0, 0.1) is 0 Å². The first-order valence-electron chi connectivity index (χ1n) is 11.1. The maximum absolute atomic E-state index is 13.7. The summed E-state index contributed by atoms with van der Waals surface area (Å²) in [5.74, 6) is 0.124. The fourth-order valence-corrected chi connectivity index (χ4v) is 5.16. The van der Waals surface area contributed by atoms with Crippen molar-refractivity contribution in [1.29, 1.82) is 0 Å². The summed E-state index contributed by atoms with van der Waals surface area (Å²) in [6, 6.07) is 8.87. The number of fused-ring (bicyclic) bond motifs is 6. The lowest BCUT2D eigenvalue weighted by atomic mass is 9.93. The van der Waals surface area contributed by atoms with E-state index in [0.29, 0.717) is 53.0 Å². The lowest BCUT2D eigenvalue weighted by Crippen LogP contribution is -2.44. The molecule has 0 unspecified atom stereocenters. The standard InChI is InChI=1S/C24H20F3N5O3/c1-31-20-15-9-12(4-7-17(15)30-22(28)16(20)11-29-31)23(33)32-8-2-3-18-21(32)14-6-5-13(10-19(14)34-18)35-24(25,26)27/h4-7,9-11,18,21H,2-3,8H2,1H3,(H2,28,30)/t18-,21-/m0/s1. The number of halogens is 3. The van der Waals surface area contributed by atoms with E-state index in [1.807, 2.05) is 0 Å². The number of amides is 1. The van der Waals surface area contributed by atoms with Gasteiger partial charge in [-0.25, -0.2) is 4.98 Å². The molecule has 35 heavy (non-hydrogen) atoms. The summed E-state index contributed by atoms with van der Waals surface area (Å²) < 4.78 is 49.6. The molecular formula is C24H20F3N5O3. The van der Waals surface area contributed by atoms with Gasteiger partial charge in [-0.05, 0) is 43.2 Å². The molecule has 11 heteroatoms. The number of alkyl halides is 3. The molecule has 2 aromatic heterocycles. The van der Waals surface area contributed by atoms with Crippen molar-refractivity contribution in [1.82, 2.24) is 19.7 Å². The number of likely N-dealkylation sites (tertiary alicyclic amines) is 1. The average Bonchev–Trinajstić information content (AvgIpc) is 3.38. The van der Waals surface area contributed by atoms with Crippen LogP contribution >= 0.6 is 0 Å². The number of anilines is 1. The number of ether oxygens (including phenoxy) is 2. The van der Waals surface area contributed by atoms with Crippen LogP contribution < -0.4 is 15.2 Å². The van der Waals surface area contributed by atoms with E-state index in [1.54, 1.807) is 47.1 Å².